The van der Waals surface area contributed by atoms with E-state index in [1.54, 1.807) is 6.07 Å². The summed E-state index contributed by atoms with van der Waals surface area (Å²) >= 11 is 6.18. The molecule has 3 heterocycles. The number of rotatable bonds is 20. The Morgan fingerprint density at radius 1 is 0.849 bits per heavy atom. The highest BCUT2D eigenvalue weighted by Crippen LogP contribution is 2.38. The molecule has 0 amide bonds. The highest BCUT2D eigenvalue weighted by atomic mass is 35.5. The van der Waals surface area contributed by atoms with Crippen LogP contribution in [-0.2, 0) is 32.3 Å². The number of anilines is 1. The van der Waals surface area contributed by atoms with Crippen LogP contribution in [0.1, 0.15) is 78.9 Å². The number of aromatic carboxylic acids is 4. The van der Waals surface area contributed by atoms with Crippen LogP contribution in [0.2, 0.25) is 5.28 Å². The number of aliphatic imine (C=N–C) groups is 1. The largest absolute Gasteiger partial charge is 0.502 e. The van der Waals surface area contributed by atoms with Gasteiger partial charge in [-0.25, -0.2) is 28.6 Å². The molecule has 5 rings (SSSR count). The molecule has 30 heteroatoms. The first-order valence-corrected chi connectivity index (χ1v) is 20.7. The Labute approximate surface area is 412 Å². The van der Waals surface area contributed by atoms with E-state index in [-0.39, 0.29) is 25.7 Å². The average Bonchev–Trinajstić information content (AvgIpc) is 3.33. The van der Waals surface area contributed by atoms with E-state index in [0.717, 1.165) is 43.3 Å². The molecule has 3 aromatic heterocycles. The third kappa shape index (κ3) is 12.1. The predicted molar refractivity (Wildman–Crippen MR) is 248 cm³/mol. The number of azo groups is 2. The van der Waals surface area contributed by atoms with E-state index in [1.807, 2.05) is 0 Å². The summed E-state index contributed by atoms with van der Waals surface area (Å²) in [6.07, 6.45) is -0.829. The van der Waals surface area contributed by atoms with E-state index in [4.69, 9.17) is 32.7 Å². The van der Waals surface area contributed by atoms with Crippen LogP contribution in [0.25, 0.3) is 10.6 Å². The monoisotopic (exact) mass is 1020 g/mol. The zero-order valence-corrected chi connectivity index (χ0v) is 38.5. The summed E-state index contributed by atoms with van der Waals surface area (Å²) in [4.78, 5) is 117. The van der Waals surface area contributed by atoms with Crippen molar-refractivity contribution in [2.75, 3.05) is 25.1 Å². The van der Waals surface area contributed by atoms with Gasteiger partial charge >= 0.3 is 29.8 Å². The van der Waals surface area contributed by atoms with Crippen molar-refractivity contribution in [3.63, 3.8) is 0 Å². The lowest BCUT2D eigenvalue weighted by atomic mass is 10.1. The first kappa shape index (κ1) is 53.7. The average molecular weight is 1020 g/mol. The Kier molecular flexibility index (Phi) is 17.2. The third-order valence-corrected chi connectivity index (χ3v) is 9.66. The van der Waals surface area contributed by atoms with Crippen LogP contribution in [0.15, 0.2) is 78.0 Å². The van der Waals surface area contributed by atoms with Gasteiger partial charge in [-0.15, -0.1) is 20.5 Å². The maximum absolute atomic E-state index is 14.2. The molecule has 0 fully saturated rings. The van der Waals surface area contributed by atoms with Gasteiger partial charge in [0.2, 0.25) is 23.0 Å². The molecule has 73 heavy (non-hydrogen) atoms. The van der Waals surface area contributed by atoms with E-state index < -0.39 is 156 Å². The number of carboxylic acid groups (broad SMARTS) is 4. The van der Waals surface area contributed by atoms with Crippen molar-refractivity contribution < 1.29 is 69.1 Å². The molecule has 7 N–H and O–H groups in total. The zero-order valence-electron chi connectivity index (χ0n) is 37.7. The van der Waals surface area contributed by atoms with E-state index in [2.05, 4.69) is 57.1 Å². The molecule has 0 radical (unpaired) electrons. The van der Waals surface area contributed by atoms with Gasteiger partial charge in [-0.3, -0.25) is 19.0 Å². The number of carbonyl (C=O) groups is 5. The lowest BCUT2D eigenvalue weighted by Gasteiger charge is -2.16. The Morgan fingerprint density at radius 3 is 1.96 bits per heavy atom. The summed E-state index contributed by atoms with van der Waals surface area (Å²) in [7, 11) is 0. The summed E-state index contributed by atoms with van der Waals surface area (Å²) < 4.78 is 6.03. The third-order valence-electron chi connectivity index (χ3n) is 9.49. The van der Waals surface area contributed by atoms with Crippen LogP contribution in [0.3, 0.4) is 0 Å². The summed E-state index contributed by atoms with van der Waals surface area (Å²) in [6, 6.07) is 7.23. The van der Waals surface area contributed by atoms with E-state index in [0.29, 0.717) is 9.13 Å². The number of esters is 1. The number of nitrogens with zero attached hydrogens (tertiary/aromatic N) is 12. The maximum atomic E-state index is 14.2. The van der Waals surface area contributed by atoms with Crippen molar-refractivity contribution in [3.8, 4) is 17.8 Å². The summed E-state index contributed by atoms with van der Waals surface area (Å²) in [5.74, 6) is -11.0. The summed E-state index contributed by atoms with van der Waals surface area (Å²) in [6.45, 7) is 14.5. The minimum Gasteiger partial charge on any atom is -0.502 e. The number of ether oxygens (including phenoxy) is 1. The number of nitriles is 1. The molecule has 29 nitrogen and oxygen atoms in total. The van der Waals surface area contributed by atoms with Crippen molar-refractivity contribution in [2.45, 2.75) is 33.7 Å². The Hall–Kier alpha value is -10.3. The van der Waals surface area contributed by atoms with Crippen molar-refractivity contribution in [3.05, 3.63) is 119 Å². The van der Waals surface area contributed by atoms with Crippen LogP contribution in [0.4, 0.5) is 40.3 Å². The molecule has 5 aromatic rings. The molecule has 0 spiro atoms. The highest BCUT2D eigenvalue weighted by molar-refractivity contribution is 6.28. The number of halogens is 1. The molecular weight excluding hydrogens is 990 g/mol. The Balaban J connectivity index is 1.57. The number of aromatic nitrogens is 5. The highest BCUT2D eigenvalue weighted by Gasteiger charge is 2.28. The lowest BCUT2D eigenvalue weighted by Crippen LogP contribution is -2.27. The summed E-state index contributed by atoms with van der Waals surface area (Å²) in [5.41, 5.74) is -9.40. The number of carboxylic acids is 4. The van der Waals surface area contributed by atoms with Crippen molar-refractivity contribution in [1.82, 2.24) is 24.1 Å². The van der Waals surface area contributed by atoms with Crippen LogP contribution < -0.4 is 16.4 Å². The second kappa shape index (κ2) is 23.4. The minimum atomic E-state index is -1.56. The van der Waals surface area contributed by atoms with Gasteiger partial charge in [0.05, 0.1) is 54.0 Å². The van der Waals surface area contributed by atoms with Gasteiger partial charge in [0.1, 0.15) is 34.5 Å². The number of benzene rings is 2. The first-order valence-electron chi connectivity index (χ1n) is 20.4. The number of aromatic hydroxyl groups is 2. The number of hydrogen-bond donors (Lipinski definition) is 7. The van der Waals surface area contributed by atoms with Gasteiger partial charge in [-0.1, -0.05) is 6.58 Å². The molecular formula is C43H34ClN13O16. The van der Waals surface area contributed by atoms with Gasteiger partial charge in [0.15, 0.2) is 11.4 Å². The molecule has 0 aliphatic carbocycles. The second-order valence-corrected chi connectivity index (χ2v) is 14.4. The van der Waals surface area contributed by atoms with Crippen molar-refractivity contribution in [2.24, 2.45) is 25.4 Å². The van der Waals surface area contributed by atoms with Crippen molar-refractivity contribution in [1.29, 1.82) is 5.26 Å². The molecule has 0 bridgehead atoms. The first-order chi connectivity index (χ1) is 34.7. The maximum Gasteiger partial charge on any atom is 0.337 e. The topological polar surface area (TPSA) is 419 Å². The van der Waals surface area contributed by atoms with E-state index in [1.165, 1.54) is 13.8 Å². The van der Waals surface area contributed by atoms with Crippen LogP contribution in [0, 0.1) is 17.9 Å². The SMILES string of the molecule is [C-]#[N+]c1c(CC(=O)OCC)c(N=Nc2cc(C(=O)O)ccc2C(=O)O)c(=O)n(C(C)=Nc2nc(Cl)nc(NCCn3c(O)c(C#N)c(C(=C)OOCC)c(N=Nc4cc(C(=O)O)ccc4C(=O)O)c3=O)n2)c1O. The van der Waals surface area contributed by atoms with Gasteiger partial charge in [0.25, 0.3) is 22.8 Å². The second-order valence-electron chi connectivity index (χ2n) is 14.0. The summed E-state index contributed by atoms with van der Waals surface area (Å²) in [5, 5.41) is 88.5. The molecule has 0 saturated carbocycles. The normalized spacial score (nSPS) is 11.2. The number of nitrogens with one attached hydrogen (secondary N) is 1. The molecule has 0 aliphatic rings. The fraction of sp³-hybridized carbons (Fsp3) is 0.186. The van der Waals surface area contributed by atoms with E-state index >= 15 is 0 Å². The molecule has 0 atom stereocenters. The predicted octanol–water partition coefficient (Wildman–Crippen LogP) is 6.06. The smallest absolute Gasteiger partial charge is 0.337 e. The number of carbonyl (C=O) groups excluding carboxylic acids is 1. The molecule has 0 unspecified atom stereocenters. The van der Waals surface area contributed by atoms with Gasteiger partial charge in [0, 0.05) is 18.7 Å². The van der Waals surface area contributed by atoms with Crippen molar-refractivity contribution >= 4 is 93.4 Å². The van der Waals surface area contributed by atoms with E-state index in [9.17, 15) is 69.5 Å². The number of hydrogen-bond acceptors (Lipinski definition) is 22. The molecule has 2 aromatic carbocycles. The standard InChI is InChI=1S/C43H34ClN13O16/c1-6-71-28(58)16-24-30(46-5)35(61)57(36(62)31(24)54-52-26-14-20(37(63)64)8-10-22(26)39(67)68)19(4)48-43-50-41(44)49-42(51-43)47-12-13-56-33(59)25(17-45)29(18(3)73-72-7-2)32(34(56)60)55-53-27-15-21(38(65)66)9-11-23(27)40(69)70/h8-11,14-15,59,61H,3,6-7,12-13,16H2,1-2,4H3,(H,63,64)(H,65,66)(H,67,68)(H,69,70)(H,47,49,50,51). The van der Waals surface area contributed by atoms with Gasteiger partial charge < -0.3 is 45.6 Å². The fourth-order valence-corrected chi connectivity index (χ4v) is 6.44. The Morgan fingerprint density at radius 2 is 1.44 bits per heavy atom. The van der Waals surface area contributed by atoms with Gasteiger partial charge in [-0.2, -0.15) is 30.1 Å². The van der Waals surface area contributed by atoms with Crippen LogP contribution in [0.5, 0.6) is 11.8 Å². The van der Waals surface area contributed by atoms with Crippen LogP contribution >= 0.6 is 11.6 Å². The fourth-order valence-electron chi connectivity index (χ4n) is 6.28. The molecule has 0 aliphatic heterocycles. The Bertz CT molecular complexity index is 3450. The van der Waals surface area contributed by atoms with Crippen LogP contribution in [-0.4, -0.2) is 110 Å². The quantitative estimate of drug-likeness (QED) is 0.00680. The number of pyridine rings is 2. The van der Waals surface area contributed by atoms with Gasteiger partial charge in [-0.05, 0) is 68.8 Å². The minimum absolute atomic E-state index is 0.0551. The molecule has 0 saturated heterocycles. The zero-order chi connectivity index (χ0) is 53.8. The lowest BCUT2D eigenvalue weighted by molar-refractivity contribution is -0.230. The molecule has 374 valence electrons.